The normalized spacial score (nSPS) is 11.4. The summed E-state index contributed by atoms with van der Waals surface area (Å²) >= 11 is 0. The molecule has 0 aliphatic heterocycles. The molecule has 0 fully saturated rings. The van der Waals surface area contributed by atoms with Crippen molar-refractivity contribution in [1.82, 2.24) is 0 Å². The number of aromatic nitrogens is 2. The molecule has 2 N–H and O–H groups in total. The summed E-state index contributed by atoms with van der Waals surface area (Å²) in [5.41, 5.74) is 6.90. The van der Waals surface area contributed by atoms with Gasteiger partial charge in [0.25, 0.3) is 0 Å². The van der Waals surface area contributed by atoms with Crippen LogP contribution in [0.3, 0.4) is 0 Å². The van der Waals surface area contributed by atoms with Gasteiger partial charge in [-0.15, -0.1) is 0 Å². The Kier molecular flexibility index (Phi) is 11.9. The first-order chi connectivity index (χ1) is 20.6. The van der Waals surface area contributed by atoms with Crippen molar-refractivity contribution in [3.8, 4) is 0 Å². The Morgan fingerprint density at radius 2 is 0.810 bits per heavy atom. The van der Waals surface area contributed by atoms with Crippen LogP contribution in [0.25, 0.3) is 24.3 Å². The van der Waals surface area contributed by atoms with E-state index in [0.717, 1.165) is 59.8 Å². The number of pyridine rings is 2. The molecule has 218 valence electrons. The van der Waals surface area contributed by atoms with Crippen molar-refractivity contribution in [2.75, 3.05) is 49.2 Å². The molecule has 0 atom stereocenters. The lowest BCUT2D eigenvalue weighted by Crippen LogP contribution is -2.43. The van der Waals surface area contributed by atoms with E-state index in [2.05, 4.69) is 155 Å². The van der Waals surface area contributed by atoms with E-state index in [1.165, 1.54) is 0 Å². The highest BCUT2D eigenvalue weighted by Crippen LogP contribution is 2.18. The van der Waals surface area contributed by atoms with Gasteiger partial charge in [0.15, 0.2) is 24.8 Å². The van der Waals surface area contributed by atoms with Crippen molar-refractivity contribution in [3.05, 3.63) is 120 Å². The summed E-state index contributed by atoms with van der Waals surface area (Å²) in [6.45, 7) is 9.37. The molecule has 2 aromatic heterocycles. The summed E-state index contributed by atoms with van der Waals surface area (Å²) in [6, 6.07) is 25.5. The third-order valence-corrected chi connectivity index (χ3v) is 7.41. The van der Waals surface area contributed by atoms with Crippen LogP contribution in [0.1, 0.15) is 36.1 Å². The molecule has 6 nitrogen and oxygen atoms in total. The molecule has 0 spiro atoms. The maximum Gasteiger partial charge on any atom is 0.206 e. The minimum atomic E-state index is 0.162. The molecule has 2 aromatic carbocycles. The Morgan fingerprint density at radius 3 is 1.10 bits per heavy atom. The van der Waals surface area contributed by atoms with E-state index in [9.17, 15) is 10.2 Å². The van der Waals surface area contributed by atoms with Gasteiger partial charge in [0.05, 0.1) is 13.2 Å². The summed E-state index contributed by atoms with van der Waals surface area (Å²) < 4.78 is 4.41. The first kappa shape index (κ1) is 30.7. The maximum atomic E-state index is 9.24. The molecule has 0 saturated carbocycles. The van der Waals surface area contributed by atoms with Gasteiger partial charge >= 0.3 is 0 Å². The van der Waals surface area contributed by atoms with Crippen LogP contribution in [0, 0.1) is 0 Å². The zero-order valence-corrected chi connectivity index (χ0v) is 24.9. The molecular formula is C36H44N4O2+2. The average molecular weight is 565 g/mol. The van der Waals surface area contributed by atoms with Crippen molar-refractivity contribution in [2.24, 2.45) is 0 Å². The molecule has 0 bridgehead atoms. The summed E-state index contributed by atoms with van der Waals surface area (Å²) in [7, 11) is 0. The number of likely N-dealkylation sites (N-methyl/N-ethyl adjacent to an activating group) is 2. The lowest BCUT2D eigenvalue weighted by molar-refractivity contribution is -0.778. The monoisotopic (exact) mass is 564 g/mol. The highest BCUT2D eigenvalue weighted by molar-refractivity contribution is 5.71. The van der Waals surface area contributed by atoms with E-state index in [4.69, 9.17) is 0 Å². The molecule has 0 amide bonds. The van der Waals surface area contributed by atoms with Crippen LogP contribution in [0.4, 0.5) is 11.4 Å². The van der Waals surface area contributed by atoms with E-state index in [1.807, 2.05) is 0 Å². The summed E-state index contributed by atoms with van der Waals surface area (Å²) in [5, 5.41) is 18.5. The number of aryl methyl sites for hydroxylation is 2. The molecule has 4 aromatic rings. The second-order valence-corrected chi connectivity index (χ2v) is 10.2. The number of nitrogens with zero attached hydrogens (tertiary/aromatic N) is 4. The maximum absolute atomic E-state index is 9.24. The summed E-state index contributed by atoms with van der Waals surface area (Å²) in [4.78, 5) is 4.33. The van der Waals surface area contributed by atoms with E-state index >= 15 is 0 Å². The third kappa shape index (κ3) is 9.13. The van der Waals surface area contributed by atoms with Crippen molar-refractivity contribution in [1.29, 1.82) is 0 Å². The molecule has 42 heavy (non-hydrogen) atoms. The van der Waals surface area contributed by atoms with Crippen LogP contribution in [-0.4, -0.2) is 49.6 Å². The Bertz CT molecular complexity index is 1290. The van der Waals surface area contributed by atoms with Crippen molar-refractivity contribution in [3.63, 3.8) is 0 Å². The van der Waals surface area contributed by atoms with Gasteiger partial charge in [-0.2, -0.15) is 9.13 Å². The highest BCUT2D eigenvalue weighted by atomic mass is 16.3. The smallest absolute Gasteiger partial charge is 0.206 e. The molecule has 6 heteroatoms. The fourth-order valence-corrected chi connectivity index (χ4v) is 4.85. The van der Waals surface area contributed by atoms with Crippen molar-refractivity contribution < 1.29 is 19.3 Å². The van der Waals surface area contributed by atoms with E-state index in [1.54, 1.807) is 0 Å². The van der Waals surface area contributed by atoms with Crippen LogP contribution < -0.4 is 18.9 Å². The van der Waals surface area contributed by atoms with Gasteiger partial charge in [-0.25, -0.2) is 0 Å². The number of anilines is 2. The molecule has 0 saturated heterocycles. The Morgan fingerprint density at radius 1 is 0.500 bits per heavy atom. The van der Waals surface area contributed by atoms with Crippen LogP contribution in [0.2, 0.25) is 0 Å². The Hall–Kier alpha value is -4.26. The van der Waals surface area contributed by atoms with Crippen molar-refractivity contribution >= 4 is 35.7 Å². The molecule has 0 aliphatic rings. The standard InChI is InChI=1S/C36H44N4O2/c1-3-39(27-29-41)35-13-9-31(10-14-35)5-7-33-17-21-37(22-18-33)25-26-38-23-19-34(20-24-38)8-6-32-11-15-36(16-12-32)40(4-2)28-30-42/h5-24,41-42H,3-4,25-30H2,1-2H3/q+2. The molecule has 0 aliphatic carbocycles. The predicted octanol–water partition coefficient (Wildman–Crippen LogP) is 4.94. The van der Waals surface area contributed by atoms with Gasteiger partial charge in [-0.1, -0.05) is 48.6 Å². The largest absolute Gasteiger partial charge is 0.395 e. The van der Waals surface area contributed by atoms with Crippen LogP contribution >= 0.6 is 0 Å². The van der Waals surface area contributed by atoms with E-state index in [-0.39, 0.29) is 13.2 Å². The third-order valence-electron chi connectivity index (χ3n) is 7.41. The minimum absolute atomic E-state index is 0.162. The highest BCUT2D eigenvalue weighted by Gasteiger charge is 2.07. The number of benzene rings is 2. The summed E-state index contributed by atoms with van der Waals surface area (Å²) in [5.74, 6) is 0. The molecule has 2 heterocycles. The quantitative estimate of drug-likeness (QED) is 0.201. The minimum Gasteiger partial charge on any atom is -0.395 e. The second kappa shape index (κ2) is 16.2. The topological polar surface area (TPSA) is 54.7 Å². The number of rotatable bonds is 15. The molecular weight excluding hydrogens is 520 g/mol. The lowest BCUT2D eigenvalue weighted by Gasteiger charge is -2.21. The lowest BCUT2D eigenvalue weighted by atomic mass is 10.1. The number of aliphatic hydroxyl groups excluding tert-OH is 2. The predicted molar refractivity (Wildman–Crippen MR) is 174 cm³/mol. The van der Waals surface area contributed by atoms with Crippen LogP contribution in [0.15, 0.2) is 97.6 Å². The Balaban J connectivity index is 1.25. The Labute approximate surface area is 250 Å². The fourth-order valence-electron chi connectivity index (χ4n) is 4.85. The molecule has 0 radical (unpaired) electrons. The van der Waals surface area contributed by atoms with Gasteiger partial charge in [0, 0.05) is 61.8 Å². The zero-order valence-electron chi connectivity index (χ0n) is 24.9. The summed E-state index contributed by atoms with van der Waals surface area (Å²) in [6.07, 6.45) is 17.0. The van der Waals surface area contributed by atoms with Gasteiger partial charge < -0.3 is 20.0 Å². The molecule has 0 unspecified atom stereocenters. The zero-order chi connectivity index (χ0) is 29.6. The van der Waals surface area contributed by atoms with E-state index < -0.39 is 0 Å². The van der Waals surface area contributed by atoms with Crippen LogP contribution in [0.5, 0.6) is 0 Å². The van der Waals surface area contributed by atoms with Gasteiger partial charge in [0.2, 0.25) is 13.1 Å². The van der Waals surface area contributed by atoms with Gasteiger partial charge in [-0.05, 0) is 60.4 Å². The van der Waals surface area contributed by atoms with Crippen molar-refractivity contribution in [2.45, 2.75) is 26.9 Å². The number of hydrogen-bond donors (Lipinski definition) is 2. The van der Waals surface area contributed by atoms with E-state index in [0.29, 0.717) is 13.1 Å². The second-order valence-electron chi connectivity index (χ2n) is 10.2. The van der Waals surface area contributed by atoms with Crippen LogP contribution in [-0.2, 0) is 13.1 Å². The number of aliphatic hydroxyl groups is 2. The molecule has 4 rings (SSSR count). The van der Waals surface area contributed by atoms with Gasteiger partial charge in [0.1, 0.15) is 0 Å². The fraction of sp³-hybridized carbons (Fsp3) is 0.278. The SMILES string of the molecule is CCN(CCO)c1ccc(/C=C/c2cc[n+](CC[n+]3ccc(/C=C/c4ccc(N(CC)CCO)cc4)cc3)cc2)cc1. The number of hydrogen-bond acceptors (Lipinski definition) is 4. The first-order valence-electron chi connectivity index (χ1n) is 14.9. The van der Waals surface area contributed by atoms with Gasteiger partial charge in [-0.3, -0.25) is 0 Å². The first-order valence-corrected chi connectivity index (χ1v) is 14.9. The average Bonchev–Trinajstić information content (AvgIpc) is 3.05.